The number of hydrogen-bond donors (Lipinski definition) is 0. The molecule has 0 saturated carbocycles. The van der Waals surface area contributed by atoms with Gasteiger partial charge in [0.15, 0.2) is 121 Å². The van der Waals surface area contributed by atoms with E-state index in [4.69, 9.17) is 156 Å². The van der Waals surface area contributed by atoms with Crippen LogP contribution in [0.3, 0.4) is 0 Å². The molecular formula is C12Al4F36O36S12. The number of halogens is 36. The van der Waals surface area contributed by atoms with E-state index in [2.05, 4.69) is 0 Å². The molecule has 100 heavy (non-hydrogen) atoms. The van der Waals surface area contributed by atoms with Gasteiger partial charge in [0.05, 0.1) is 0 Å². The third kappa shape index (κ3) is 77.6. The van der Waals surface area contributed by atoms with Crippen molar-refractivity contribution < 1.29 is 314 Å². The van der Waals surface area contributed by atoms with E-state index in [0.717, 1.165) is 0 Å². The second kappa shape index (κ2) is 44.7. The van der Waals surface area contributed by atoms with Crippen LogP contribution >= 0.6 is 0 Å². The Hall–Kier alpha value is -1.47. The van der Waals surface area contributed by atoms with Crippen molar-refractivity contribution in [3.8, 4) is 0 Å². The maximum Gasteiger partial charge on any atom is 3.00 e. The molecular weight excluding hydrogens is 1900 g/mol. The standard InChI is InChI=1S/12CHF3O3S.4Al/c12*2-1(3,4)8(5,6)7;;;;/h12*(H,5,6,7);;;;/q;;;;;;;;;;;;4*+3/p-12. The maximum atomic E-state index is 10.7. The number of rotatable bonds is 0. The van der Waals surface area contributed by atoms with E-state index in [1.165, 1.54) is 0 Å². The van der Waals surface area contributed by atoms with E-state index < -0.39 is 188 Å². The monoisotopic (exact) mass is 1900 g/mol. The van der Waals surface area contributed by atoms with Gasteiger partial charge in [-0.05, 0) is 0 Å². The van der Waals surface area contributed by atoms with Gasteiger partial charge in [-0.25, -0.2) is 101 Å². The summed E-state index contributed by atoms with van der Waals surface area (Å²) in [6.07, 6.45) is 0. The van der Waals surface area contributed by atoms with Crippen LogP contribution in [0.15, 0.2) is 0 Å². The molecule has 0 aliphatic heterocycles. The van der Waals surface area contributed by atoms with Crippen LogP contribution in [0, 0.1) is 0 Å². The normalized spacial score (nSPS) is 13.4. The fraction of sp³-hybridized carbons (Fsp3) is 1.00. The van der Waals surface area contributed by atoms with Crippen molar-refractivity contribution in [1.29, 1.82) is 0 Å². The Morgan fingerprint density at radius 3 is 0.120 bits per heavy atom. The van der Waals surface area contributed by atoms with E-state index >= 15 is 0 Å². The third-order valence-electron chi connectivity index (χ3n) is 3.40. The Morgan fingerprint density at radius 2 is 0.120 bits per heavy atom. The third-order valence-corrected chi connectivity index (χ3v) is 10.2. The molecule has 600 valence electrons. The van der Waals surface area contributed by atoms with Crippen LogP contribution in [-0.2, 0) is 121 Å². The van der Waals surface area contributed by atoms with Gasteiger partial charge in [0.25, 0.3) is 0 Å². The molecule has 0 N–H and O–H groups in total. The minimum atomic E-state index is -6.09. The Kier molecular flexibility index (Phi) is 61.6. The van der Waals surface area contributed by atoms with Crippen LogP contribution < -0.4 is 0 Å². The van der Waals surface area contributed by atoms with Crippen molar-refractivity contribution in [3.63, 3.8) is 0 Å². The van der Waals surface area contributed by atoms with Crippen LogP contribution in [0.4, 0.5) is 158 Å². The second-order valence-corrected chi connectivity index (χ2v) is 27.3. The average Bonchev–Trinajstić information content (AvgIpc) is 3.11. The molecule has 0 aromatic rings. The van der Waals surface area contributed by atoms with Gasteiger partial charge >= 0.3 is 136 Å². The first kappa shape index (κ1) is 138. The van der Waals surface area contributed by atoms with Crippen molar-refractivity contribution in [2.45, 2.75) is 66.1 Å². The molecule has 0 rings (SSSR count). The zero-order valence-corrected chi connectivity index (χ0v) is 55.9. The van der Waals surface area contributed by atoms with Gasteiger partial charge in [-0.1, -0.05) is 0 Å². The van der Waals surface area contributed by atoms with Crippen LogP contribution in [-0.4, -0.2) is 291 Å². The summed E-state index contributed by atoms with van der Waals surface area (Å²) in [5.74, 6) is 0. The van der Waals surface area contributed by atoms with Crippen LogP contribution in [0.1, 0.15) is 0 Å². The second-order valence-electron chi connectivity index (χ2n) is 10.8. The molecule has 0 aromatic carbocycles. The van der Waals surface area contributed by atoms with E-state index in [1.54, 1.807) is 0 Å². The first-order valence-electron chi connectivity index (χ1n) is 15.3. The summed E-state index contributed by atoms with van der Waals surface area (Å²) >= 11 is 0. The molecule has 0 aliphatic carbocycles. The molecule has 0 bridgehead atoms. The largest absolute Gasteiger partial charge is 3.00 e. The molecule has 0 radical (unpaired) electrons. The fourth-order valence-electron chi connectivity index (χ4n) is 0. The van der Waals surface area contributed by atoms with Gasteiger partial charge in [-0.15, -0.1) is 0 Å². The summed E-state index contributed by atoms with van der Waals surface area (Å²) in [4.78, 5) is 0. The topological polar surface area (TPSA) is 686 Å². The molecule has 0 saturated heterocycles. The molecule has 0 aromatic heterocycles. The van der Waals surface area contributed by atoms with Gasteiger partial charge in [0.1, 0.15) is 0 Å². The molecule has 0 unspecified atom stereocenters. The van der Waals surface area contributed by atoms with E-state index in [1.807, 2.05) is 0 Å². The summed E-state index contributed by atoms with van der Waals surface area (Å²) in [7, 11) is -73.1. The molecule has 0 atom stereocenters. The van der Waals surface area contributed by atoms with E-state index in [9.17, 15) is 158 Å². The Balaban J connectivity index is -0.0000000548. The summed E-state index contributed by atoms with van der Waals surface area (Å²) in [5.41, 5.74) is -67.8. The molecule has 36 nitrogen and oxygen atoms in total. The Morgan fingerprint density at radius 1 is 0.110 bits per heavy atom. The molecule has 0 amide bonds. The predicted molar refractivity (Wildman–Crippen MR) is 212 cm³/mol. The SMILES string of the molecule is O=S(=O)([O-])C(F)(F)F.O=S(=O)([O-])C(F)(F)F.O=S(=O)([O-])C(F)(F)F.O=S(=O)([O-])C(F)(F)F.O=S(=O)([O-])C(F)(F)F.O=S(=O)([O-])C(F)(F)F.O=S(=O)([O-])C(F)(F)F.O=S(=O)([O-])C(F)(F)F.O=S(=O)([O-])C(F)(F)F.O=S(=O)([O-])C(F)(F)F.O=S(=O)([O-])C(F)(F)F.O=S(=O)([O-])C(F)(F)F.[Al+3].[Al+3].[Al+3].[Al+3]. The van der Waals surface area contributed by atoms with E-state index in [0.29, 0.717) is 0 Å². The molecule has 88 heteroatoms. The Bertz CT molecular complexity index is 2890. The fourth-order valence-corrected chi connectivity index (χ4v) is 0. The number of hydrogen-bond acceptors (Lipinski definition) is 36. The molecule has 0 spiro atoms. The summed E-state index contributed by atoms with van der Waals surface area (Å²) in [6.45, 7) is 0. The minimum Gasteiger partial charge on any atom is -0.741 e. The molecule has 0 heterocycles. The zero-order valence-electron chi connectivity index (χ0n) is 41.5. The molecule has 0 aliphatic rings. The summed E-state index contributed by atoms with van der Waals surface area (Å²) < 4.78 is 707. The first-order chi connectivity index (χ1) is 39.0. The minimum absolute atomic E-state index is 0. The van der Waals surface area contributed by atoms with Gasteiger partial charge in [-0.2, -0.15) is 158 Å². The molecule has 0 fully saturated rings. The van der Waals surface area contributed by atoms with Crippen molar-refractivity contribution in [2.75, 3.05) is 0 Å². The summed E-state index contributed by atoms with van der Waals surface area (Å²) in [5, 5.41) is 0. The van der Waals surface area contributed by atoms with Gasteiger partial charge < -0.3 is 54.6 Å². The van der Waals surface area contributed by atoms with E-state index in [-0.39, 0.29) is 69.4 Å². The van der Waals surface area contributed by atoms with Gasteiger partial charge in [0, 0.05) is 0 Å². The maximum absolute atomic E-state index is 10.7. The van der Waals surface area contributed by atoms with Gasteiger partial charge in [-0.3, -0.25) is 0 Å². The van der Waals surface area contributed by atoms with Crippen molar-refractivity contribution in [3.05, 3.63) is 0 Å². The zero-order chi connectivity index (χ0) is 84.0. The van der Waals surface area contributed by atoms with Crippen LogP contribution in [0.5, 0.6) is 0 Å². The predicted octanol–water partition coefficient (Wildman–Crippen LogP) is -0.906. The van der Waals surface area contributed by atoms with Crippen LogP contribution in [0.2, 0.25) is 0 Å². The van der Waals surface area contributed by atoms with Crippen LogP contribution in [0.25, 0.3) is 0 Å². The van der Waals surface area contributed by atoms with Gasteiger partial charge in [0.2, 0.25) is 0 Å². The summed E-state index contributed by atoms with van der Waals surface area (Å²) in [6, 6.07) is 0. The quantitative estimate of drug-likeness (QED) is 0.123. The van der Waals surface area contributed by atoms with Crippen molar-refractivity contribution >= 4 is 191 Å². The smallest absolute Gasteiger partial charge is 0.741 e. The number of alkyl halides is 36. The first-order valence-corrected chi connectivity index (χ1v) is 32.2. The van der Waals surface area contributed by atoms with Crippen molar-refractivity contribution in [1.82, 2.24) is 0 Å². The average molecular weight is 1900 g/mol. The Labute approximate surface area is 567 Å². The van der Waals surface area contributed by atoms with Crippen molar-refractivity contribution in [2.24, 2.45) is 0 Å².